The molecule has 14 heavy (non-hydrogen) atoms. The molecule has 1 heterocycles. The molecule has 0 bridgehead atoms. The number of halogens is 2. The van der Waals surface area contributed by atoms with Crippen LogP contribution in [-0.4, -0.2) is 6.54 Å². The summed E-state index contributed by atoms with van der Waals surface area (Å²) in [6.07, 6.45) is 1.14. The van der Waals surface area contributed by atoms with E-state index >= 15 is 0 Å². The van der Waals surface area contributed by atoms with Crippen LogP contribution in [0.3, 0.4) is 0 Å². The molecule has 1 saturated heterocycles. The van der Waals surface area contributed by atoms with E-state index in [-0.39, 0.29) is 0 Å². The van der Waals surface area contributed by atoms with E-state index in [9.17, 15) is 0 Å². The van der Waals surface area contributed by atoms with Crippen molar-refractivity contribution in [2.24, 2.45) is 5.92 Å². The highest BCUT2D eigenvalue weighted by Crippen LogP contribution is 2.34. The van der Waals surface area contributed by atoms with Gasteiger partial charge in [0.15, 0.2) is 0 Å². The van der Waals surface area contributed by atoms with E-state index in [0.29, 0.717) is 16.1 Å². The van der Waals surface area contributed by atoms with Gasteiger partial charge in [-0.25, -0.2) is 0 Å². The number of benzene rings is 1. The zero-order chi connectivity index (χ0) is 10.1. The minimum absolute atomic E-state index is 0.371. The van der Waals surface area contributed by atoms with Crippen molar-refractivity contribution in [3.8, 4) is 0 Å². The molecule has 0 spiro atoms. The van der Waals surface area contributed by atoms with Crippen molar-refractivity contribution in [3.63, 3.8) is 0 Å². The van der Waals surface area contributed by atoms with Crippen molar-refractivity contribution in [2.45, 2.75) is 19.4 Å². The van der Waals surface area contributed by atoms with Crippen LogP contribution in [0, 0.1) is 5.92 Å². The monoisotopic (exact) mass is 229 g/mol. The highest BCUT2D eigenvalue weighted by Gasteiger charge is 2.24. The van der Waals surface area contributed by atoms with Gasteiger partial charge in [-0.05, 0) is 30.5 Å². The summed E-state index contributed by atoms with van der Waals surface area (Å²) in [6, 6.07) is 6.19. The van der Waals surface area contributed by atoms with Crippen molar-refractivity contribution in [1.29, 1.82) is 0 Å². The lowest BCUT2D eigenvalue weighted by atomic mass is 10.0. The molecule has 1 nitrogen and oxygen atoms in total. The maximum absolute atomic E-state index is 6.15. The van der Waals surface area contributed by atoms with Crippen LogP contribution >= 0.6 is 23.2 Å². The van der Waals surface area contributed by atoms with Gasteiger partial charge in [-0.1, -0.05) is 42.3 Å². The first-order valence-electron chi connectivity index (χ1n) is 4.85. The Balaban J connectivity index is 2.28. The van der Waals surface area contributed by atoms with Gasteiger partial charge < -0.3 is 5.32 Å². The van der Waals surface area contributed by atoms with Crippen LogP contribution in [0.25, 0.3) is 0 Å². The van der Waals surface area contributed by atoms with Crippen molar-refractivity contribution in [2.75, 3.05) is 6.54 Å². The first kappa shape index (κ1) is 10.3. The Bertz CT molecular complexity index is 338. The van der Waals surface area contributed by atoms with Gasteiger partial charge in [0.2, 0.25) is 0 Å². The number of rotatable bonds is 1. The fourth-order valence-electron chi connectivity index (χ4n) is 1.94. The average Bonchev–Trinajstić information content (AvgIpc) is 2.57. The Morgan fingerprint density at radius 2 is 2.14 bits per heavy atom. The van der Waals surface area contributed by atoms with Crippen molar-refractivity contribution < 1.29 is 0 Å². The van der Waals surface area contributed by atoms with Crippen LogP contribution < -0.4 is 5.32 Å². The summed E-state index contributed by atoms with van der Waals surface area (Å²) >= 11 is 12.1. The van der Waals surface area contributed by atoms with Gasteiger partial charge in [0.25, 0.3) is 0 Å². The third-order valence-corrected chi connectivity index (χ3v) is 3.54. The maximum atomic E-state index is 6.15. The van der Waals surface area contributed by atoms with Crippen molar-refractivity contribution in [3.05, 3.63) is 33.8 Å². The molecule has 1 aromatic carbocycles. The minimum Gasteiger partial charge on any atom is -0.310 e. The molecular formula is C11H13Cl2N. The Labute approximate surface area is 94.4 Å². The fourth-order valence-corrected chi connectivity index (χ4v) is 2.38. The summed E-state index contributed by atoms with van der Waals surface area (Å²) in [4.78, 5) is 0. The predicted octanol–water partition coefficient (Wildman–Crippen LogP) is 3.66. The topological polar surface area (TPSA) is 12.0 Å². The minimum atomic E-state index is 0.371. The van der Waals surface area contributed by atoms with Gasteiger partial charge in [0.1, 0.15) is 0 Å². The van der Waals surface area contributed by atoms with Crippen LogP contribution in [0.2, 0.25) is 10.0 Å². The highest BCUT2D eigenvalue weighted by atomic mass is 35.5. The molecule has 2 unspecified atom stereocenters. The van der Waals surface area contributed by atoms with Gasteiger partial charge in [-0.2, -0.15) is 0 Å². The third kappa shape index (κ3) is 1.90. The third-order valence-electron chi connectivity index (χ3n) is 2.71. The van der Waals surface area contributed by atoms with E-state index in [1.165, 1.54) is 0 Å². The molecule has 0 saturated carbocycles. The highest BCUT2D eigenvalue weighted by molar-refractivity contribution is 6.42. The van der Waals surface area contributed by atoms with E-state index in [1.54, 1.807) is 0 Å². The molecule has 1 aromatic rings. The van der Waals surface area contributed by atoms with E-state index < -0.39 is 0 Å². The summed E-state index contributed by atoms with van der Waals surface area (Å²) in [5.74, 6) is 0.718. The molecule has 1 aliphatic heterocycles. The fraction of sp³-hybridized carbons (Fsp3) is 0.455. The molecule has 0 aromatic heterocycles. The predicted molar refractivity (Wildman–Crippen MR) is 61.0 cm³/mol. The first-order chi connectivity index (χ1) is 6.68. The summed E-state index contributed by atoms with van der Waals surface area (Å²) in [7, 11) is 0. The standard InChI is InChI=1S/C11H13Cl2N/c1-7-5-10(14-6-7)8-3-2-4-9(12)11(8)13/h2-4,7,10,14H,5-6H2,1H3. The molecule has 1 N–H and O–H groups in total. The second-order valence-corrected chi connectivity index (χ2v) is 4.73. The van der Waals surface area contributed by atoms with Gasteiger partial charge in [-0.15, -0.1) is 0 Å². The smallest absolute Gasteiger partial charge is 0.0640 e. The lowest BCUT2D eigenvalue weighted by Crippen LogP contribution is -2.13. The Morgan fingerprint density at radius 1 is 1.36 bits per heavy atom. The summed E-state index contributed by atoms with van der Waals surface area (Å²) in [6.45, 7) is 3.30. The molecule has 3 heteroatoms. The van der Waals surface area contributed by atoms with Crippen LogP contribution in [0.5, 0.6) is 0 Å². The molecule has 2 atom stereocenters. The zero-order valence-electron chi connectivity index (χ0n) is 8.06. The summed E-state index contributed by atoms with van der Waals surface area (Å²) < 4.78 is 0. The van der Waals surface area contributed by atoms with Gasteiger partial charge in [0.05, 0.1) is 10.0 Å². The lowest BCUT2D eigenvalue weighted by Gasteiger charge is -2.13. The second kappa shape index (κ2) is 4.09. The summed E-state index contributed by atoms with van der Waals surface area (Å²) in [5.41, 5.74) is 1.13. The van der Waals surface area contributed by atoms with E-state index in [2.05, 4.69) is 12.2 Å². The second-order valence-electron chi connectivity index (χ2n) is 3.94. The van der Waals surface area contributed by atoms with E-state index in [1.807, 2.05) is 18.2 Å². The van der Waals surface area contributed by atoms with Gasteiger partial charge in [-0.3, -0.25) is 0 Å². The van der Waals surface area contributed by atoms with Crippen LogP contribution in [0.1, 0.15) is 24.9 Å². The normalized spacial score (nSPS) is 26.8. The largest absolute Gasteiger partial charge is 0.310 e. The van der Waals surface area contributed by atoms with Crippen LogP contribution in [0.4, 0.5) is 0 Å². The number of hydrogen-bond acceptors (Lipinski definition) is 1. The number of nitrogens with one attached hydrogen (secondary N) is 1. The molecule has 0 aliphatic carbocycles. The molecule has 0 radical (unpaired) electrons. The van der Waals surface area contributed by atoms with Crippen molar-refractivity contribution in [1.82, 2.24) is 5.32 Å². The molecular weight excluding hydrogens is 217 g/mol. The van der Waals surface area contributed by atoms with Crippen LogP contribution in [-0.2, 0) is 0 Å². The quantitative estimate of drug-likeness (QED) is 0.776. The Kier molecular flexibility index (Phi) is 3.01. The molecule has 1 aliphatic rings. The lowest BCUT2D eigenvalue weighted by molar-refractivity contribution is 0.612. The van der Waals surface area contributed by atoms with Gasteiger partial charge in [0, 0.05) is 6.04 Å². The molecule has 0 amide bonds. The first-order valence-corrected chi connectivity index (χ1v) is 5.61. The molecule has 76 valence electrons. The van der Waals surface area contributed by atoms with Gasteiger partial charge >= 0.3 is 0 Å². The SMILES string of the molecule is CC1CNC(c2cccc(Cl)c2Cl)C1. The van der Waals surface area contributed by atoms with Crippen molar-refractivity contribution >= 4 is 23.2 Å². The Hall–Kier alpha value is -0.240. The van der Waals surface area contributed by atoms with Crippen LogP contribution in [0.15, 0.2) is 18.2 Å². The zero-order valence-corrected chi connectivity index (χ0v) is 9.57. The number of hydrogen-bond donors (Lipinski definition) is 1. The maximum Gasteiger partial charge on any atom is 0.0640 e. The molecule has 1 fully saturated rings. The summed E-state index contributed by atoms with van der Waals surface area (Å²) in [5, 5.41) is 4.79. The van der Waals surface area contributed by atoms with E-state index in [0.717, 1.165) is 24.4 Å². The molecule has 2 rings (SSSR count). The average molecular weight is 230 g/mol. The van der Waals surface area contributed by atoms with E-state index in [4.69, 9.17) is 23.2 Å². The Morgan fingerprint density at radius 3 is 2.79 bits per heavy atom.